The van der Waals surface area contributed by atoms with Crippen molar-refractivity contribution in [3.63, 3.8) is 0 Å². The first-order chi connectivity index (χ1) is 30.7. The lowest BCUT2D eigenvalue weighted by atomic mass is 9.61. The van der Waals surface area contributed by atoms with Gasteiger partial charge in [-0.3, -0.25) is 0 Å². The molecule has 3 heteroatoms. The minimum absolute atomic E-state index is 0.217. The van der Waals surface area contributed by atoms with Crippen LogP contribution >= 0.6 is 0 Å². The van der Waals surface area contributed by atoms with E-state index in [1.54, 1.807) is 0 Å². The van der Waals surface area contributed by atoms with Crippen molar-refractivity contribution in [3.05, 3.63) is 253 Å². The molecule has 3 unspecified atom stereocenters. The maximum atomic E-state index is 7.03. The molecular weight excluding hydrogens is 753 g/mol. The zero-order chi connectivity index (χ0) is 41.0. The van der Waals surface area contributed by atoms with E-state index in [1.165, 1.54) is 33.4 Å². The van der Waals surface area contributed by atoms with E-state index in [-0.39, 0.29) is 11.8 Å². The third-order valence-electron chi connectivity index (χ3n) is 13.1. The number of para-hydroxylation sites is 2. The molecular formula is C59H40N2O. The second-order valence-corrected chi connectivity index (χ2v) is 16.4. The largest absolute Gasteiger partial charge is 0.456 e. The first kappa shape index (κ1) is 36.0. The lowest BCUT2D eigenvalue weighted by Gasteiger charge is -2.43. The summed E-state index contributed by atoms with van der Waals surface area (Å²) < 4.78 is 7.03. The number of hydrogen-bond acceptors (Lipinski definition) is 3. The Bertz CT molecular complexity index is 3220. The molecule has 9 aromatic rings. The van der Waals surface area contributed by atoms with Crippen molar-refractivity contribution in [1.29, 1.82) is 0 Å². The van der Waals surface area contributed by atoms with E-state index in [2.05, 4.69) is 218 Å². The average molecular weight is 793 g/mol. The highest BCUT2D eigenvalue weighted by molar-refractivity contribution is 5.83. The fourth-order valence-electron chi connectivity index (χ4n) is 10.3. The van der Waals surface area contributed by atoms with E-state index in [0.717, 1.165) is 61.8 Å². The Balaban J connectivity index is 0.951. The predicted molar refractivity (Wildman–Crippen MR) is 252 cm³/mol. The Morgan fingerprint density at radius 3 is 1.69 bits per heavy atom. The van der Waals surface area contributed by atoms with Crippen LogP contribution in [0, 0.1) is 5.92 Å². The third kappa shape index (κ3) is 5.81. The molecule has 3 atom stereocenters. The van der Waals surface area contributed by atoms with E-state index in [4.69, 9.17) is 14.7 Å². The SMILES string of the molecule is C1=CC2c3ccccc3C3(c4ccccc4Oc4c(-c5cccc(-c6cccc(-c7nc(-c8ccccc8)cc(-c8ccc(-c9ccccc9)cc8)n7)c6)c5)cccc43)C2C=C1. The first-order valence-corrected chi connectivity index (χ1v) is 21.4. The summed E-state index contributed by atoms with van der Waals surface area (Å²) in [7, 11) is 0. The van der Waals surface area contributed by atoms with Gasteiger partial charge < -0.3 is 4.74 Å². The molecule has 3 aliphatic rings. The van der Waals surface area contributed by atoms with Crippen molar-refractivity contribution in [1.82, 2.24) is 9.97 Å². The molecule has 12 rings (SSSR count). The molecule has 0 bridgehead atoms. The van der Waals surface area contributed by atoms with Gasteiger partial charge in [0.05, 0.1) is 16.8 Å². The number of allylic oxidation sites excluding steroid dienone is 4. The zero-order valence-corrected chi connectivity index (χ0v) is 33.9. The molecule has 292 valence electrons. The van der Waals surface area contributed by atoms with Gasteiger partial charge in [0.2, 0.25) is 0 Å². The minimum Gasteiger partial charge on any atom is -0.456 e. The molecule has 3 nitrogen and oxygen atoms in total. The van der Waals surface area contributed by atoms with E-state index < -0.39 is 5.41 Å². The van der Waals surface area contributed by atoms with Gasteiger partial charge in [0.25, 0.3) is 0 Å². The number of hydrogen-bond donors (Lipinski definition) is 0. The number of fused-ring (bicyclic) bond motifs is 9. The van der Waals surface area contributed by atoms with Gasteiger partial charge >= 0.3 is 0 Å². The van der Waals surface area contributed by atoms with Crippen molar-refractivity contribution in [2.24, 2.45) is 5.92 Å². The van der Waals surface area contributed by atoms with Crippen LogP contribution in [0.25, 0.3) is 67.3 Å². The van der Waals surface area contributed by atoms with Gasteiger partial charge in [-0.1, -0.05) is 206 Å². The number of ether oxygens (including phenoxy) is 1. The lowest BCUT2D eigenvalue weighted by Crippen LogP contribution is -2.37. The Hall–Kier alpha value is -7.88. The summed E-state index contributed by atoms with van der Waals surface area (Å²) in [6.07, 6.45) is 9.22. The topological polar surface area (TPSA) is 35.0 Å². The predicted octanol–water partition coefficient (Wildman–Crippen LogP) is 14.8. The fraction of sp³-hybridized carbons (Fsp3) is 0.0508. The van der Waals surface area contributed by atoms with Gasteiger partial charge in [-0.15, -0.1) is 0 Å². The summed E-state index contributed by atoms with van der Waals surface area (Å²) in [6, 6.07) is 73.4. The molecule has 1 aliphatic heterocycles. The Labute approximate surface area is 362 Å². The fourth-order valence-corrected chi connectivity index (χ4v) is 10.3. The highest BCUT2D eigenvalue weighted by atomic mass is 16.5. The lowest BCUT2D eigenvalue weighted by molar-refractivity contribution is 0.375. The molecule has 8 aromatic carbocycles. The molecule has 0 saturated carbocycles. The molecule has 1 aromatic heterocycles. The molecule has 2 aliphatic carbocycles. The normalized spacial score (nSPS) is 17.7. The second-order valence-electron chi connectivity index (χ2n) is 16.4. The quantitative estimate of drug-likeness (QED) is 0.168. The Kier molecular flexibility index (Phi) is 8.53. The van der Waals surface area contributed by atoms with Crippen molar-refractivity contribution in [3.8, 4) is 78.8 Å². The van der Waals surface area contributed by atoms with Crippen LogP contribution in [0.4, 0.5) is 0 Å². The highest BCUT2D eigenvalue weighted by Gasteiger charge is 2.56. The van der Waals surface area contributed by atoms with Gasteiger partial charge in [0.15, 0.2) is 5.82 Å². The summed E-state index contributed by atoms with van der Waals surface area (Å²) in [4.78, 5) is 10.4. The Morgan fingerprint density at radius 1 is 0.387 bits per heavy atom. The molecule has 62 heavy (non-hydrogen) atoms. The van der Waals surface area contributed by atoms with Crippen LogP contribution in [0.15, 0.2) is 231 Å². The van der Waals surface area contributed by atoms with Crippen molar-refractivity contribution in [2.75, 3.05) is 0 Å². The molecule has 1 spiro atoms. The van der Waals surface area contributed by atoms with E-state index in [9.17, 15) is 0 Å². The minimum atomic E-state index is -0.397. The van der Waals surface area contributed by atoms with Gasteiger partial charge in [0.1, 0.15) is 11.5 Å². The van der Waals surface area contributed by atoms with Crippen LogP contribution < -0.4 is 4.74 Å². The maximum Gasteiger partial charge on any atom is 0.160 e. The molecule has 0 amide bonds. The van der Waals surface area contributed by atoms with E-state index in [1.807, 2.05) is 12.1 Å². The smallest absolute Gasteiger partial charge is 0.160 e. The first-order valence-electron chi connectivity index (χ1n) is 21.4. The van der Waals surface area contributed by atoms with Crippen molar-refractivity contribution in [2.45, 2.75) is 11.3 Å². The maximum absolute atomic E-state index is 7.03. The summed E-state index contributed by atoms with van der Waals surface area (Å²) in [6.45, 7) is 0. The van der Waals surface area contributed by atoms with Crippen molar-refractivity contribution < 1.29 is 4.74 Å². The summed E-state index contributed by atoms with van der Waals surface area (Å²) >= 11 is 0. The van der Waals surface area contributed by atoms with E-state index in [0.29, 0.717) is 5.82 Å². The summed E-state index contributed by atoms with van der Waals surface area (Å²) in [5, 5.41) is 0. The van der Waals surface area contributed by atoms with Gasteiger partial charge in [-0.25, -0.2) is 9.97 Å². The van der Waals surface area contributed by atoms with Gasteiger partial charge in [-0.2, -0.15) is 0 Å². The van der Waals surface area contributed by atoms with Gasteiger partial charge in [0, 0.05) is 45.2 Å². The van der Waals surface area contributed by atoms with Crippen LogP contribution in [-0.4, -0.2) is 9.97 Å². The average Bonchev–Trinajstić information content (AvgIpc) is 3.65. The van der Waals surface area contributed by atoms with Crippen LogP contribution in [0.2, 0.25) is 0 Å². The molecule has 0 radical (unpaired) electrons. The van der Waals surface area contributed by atoms with Crippen LogP contribution in [0.1, 0.15) is 28.2 Å². The monoisotopic (exact) mass is 792 g/mol. The van der Waals surface area contributed by atoms with Crippen LogP contribution in [-0.2, 0) is 5.41 Å². The van der Waals surface area contributed by atoms with Crippen molar-refractivity contribution >= 4 is 0 Å². The summed E-state index contributed by atoms with van der Waals surface area (Å²) in [5.41, 5.74) is 16.3. The molecule has 2 heterocycles. The highest BCUT2D eigenvalue weighted by Crippen LogP contribution is 2.65. The second kappa shape index (κ2) is 14.7. The van der Waals surface area contributed by atoms with Gasteiger partial charge in [-0.05, 0) is 63.2 Å². The number of benzene rings is 8. The number of rotatable bonds is 6. The van der Waals surface area contributed by atoms with Crippen LogP contribution in [0.3, 0.4) is 0 Å². The third-order valence-corrected chi connectivity index (χ3v) is 13.1. The molecule has 0 fully saturated rings. The summed E-state index contributed by atoms with van der Waals surface area (Å²) in [5.74, 6) is 3.02. The van der Waals surface area contributed by atoms with E-state index >= 15 is 0 Å². The number of aromatic nitrogens is 2. The van der Waals surface area contributed by atoms with Crippen LogP contribution in [0.5, 0.6) is 11.5 Å². The molecule has 0 saturated heterocycles. The standard InChI is InChI=1S/C59H40N2O/c1-3-16-39(17-4-1)40-32-34-42(35-33-40)55-38-54(41-18-5-2-6-19-41)60-58(61-55)46-23-14-21-44(37-46)43-20-13-22-45(36-43)47-26-15-30-53-57(47)62-56-31-12-11-29-52(56)59(53)50-27-9-7-24-48(50)49-25-8-10-28-51(49)59/h1-38,48,50H. The molecule has 0 N–H and O–H groups in total. The number of nitrogens with zero attached hydrogens (tertiary/aromatic N) is 2. The zero-order valence-electron chi connectivity index (χ0n) is 33.9. The Morgan fingerprint density at radius 2 is 0.919 bits per heavy atom.